The van der Waals surface area contributed by atoms with Crippen molar-refractivity contribution in [2.75, 3.05) is 19.6 Å². The van der Waals surface area contributed by atoms with Crippen molar-refractivity contribution in [3.8, 4) is 0 Å². The fraction of sp³-hybridized carbons (Fsp3) is 0.444. The van der Waals surface area contributed by atoms with E-state index in [9.17, 15) is 9.59 Å². The molecule has 3 aromatic rings. The van der Waals surface area contributed by atoms with Crippen molar-refractivity contribution in [1.29, 1.82) is 0 Å². The van der Waals surface area contributed by atoms with E-state index in [1.54, 1.807) is 4.57 Å². The lowest BCUT2D eigenvalue weighted by atomic mass is 10.0. The second kappa shape index (κ2) is 11.6. The molecule has 0 radical (unpaired) electrons. The number of aromatic amines is 1. The summed E-state index contributed by atoms with van der Waals surface area (Å²) in [4.78, 5) is 30.9. The number of nitrogens with zero attached hydrogens (tertiary/aromatic N) is 2. The van der Waals surface area contributed by atoms with E-state index in [1.165, 1.54) is 24.0 Å². The molecule has 0 aliphatic carbocycles. The molecule has 1 aliphatic heterocycles. The first-order valence-electron chi connectivity index (χ1n) is 12.3. The largest absolute Gasteiger partial charge is 0.354 e. The fourth-order valence-corrected chi connectivity index (χ4v) is 5.02. The Balaban J connectivity index is 1.24. The molecule has 7 heteroatoms. The molecule has 1 aliphatic rings. The molecule has 1 aromatic heterocycles. The first kappa shape index (κ1) is 24.4. The summed E-state index contributed by atoms with van der Waals surface area (Å²) < 4.78 is 2.07. The average Bonchev–Trinajstić information content (AvgIpc) is 3.36. The van der Waals surface area contributed by atoms with Crippen LogP contribution in [0.1, 0.15) is 55.7 Å². The SMILES string of the molecule is Cc1ccc(C(CNC(=O)CCCCCn2c(=S)[nH]c3ccccc3c2=O)N2CCCC2)cc1. The van der Waals surface area contributed by atoms with Crippen LogP contribution in [-0.4, -0.2) is 40.0 Å². The minimum absolute atomic E-state index is 0.0545. The summed E-state index contributed by atoms with van der Waals surface area (Å²) in [6.45, 7) is 5.48. The minimum Gasteiger partial charge on any atom is -0.354 e. The number of hydrogen-bond donors (Lipinski definition) is 2. The summed E-state index contributed by atoms with van der Waals surface area (Å²) in [6.07, 6.45) is 5.42. The van der Waals surface area contributed by atoms with Crippen LogP contribution in [0, 0.1) is 11.7 Å². The first-order chi connectivity index (χ1) is 16.5. The average molecular weight is 479 g/mol. The second-order valence-electron chi connectivity index (χ2n) is 9.22. The molecule has 2 heterocycles. The van der Waals surface area contributed by atoms with E-state index in [0.29, 0.717) is 29.7 Å². The third-order valence-electron chi connectivity index (χ3n) is 6.71. The molecule has 1 atom stereocenters. The number of unbranched alkanes of at least 4 members (excludes halogenated alkanes) is 2. The number of aromatic nitrogens is 2. The Kier molecular flexibility index (Phi) is 8.29. The zero-order valence-corrected chi connectivity index (χ0v) is 20.7. The van der Waals surface area contributed by atoms with Gasteiger partial charge in [0.15, 0.2) is 4.77 Å². The summed E-state index contributed by atoms with van der Waals surface area (Å²) >= 11 is 5.38. The summed E-state index contributed by atoms with van der Waals surface area (Å²) in [5.41, 5.74) is 3.23. The van der Waals surface area contributed by atoms with Crippen molar-refractivity contribution >= 4 is 29.0 Å². The lowest BCUT2D eigenvalue weighted by Crippen LogP contribution is -2.36. The third-order valence-corrected chi connectivity index (χ3v) is 7.03. The van der Waals surface area contributed by atoms with Crippen LogP contribution in [0.2, 0.25) is 0 Å². The van der Waals surface area contributed by atoms with E-state index in [2.05, 4.69) is 46.4 Å². The van der Waals surface area contributed by atoms with Gasteiger partial charge in [0.1, 0.15) is 0 Å². The molecule has 180 valence electrons. The fourth-order valence-electron chi connectivity index (χ4n) is 4.73. The van der Waals surface area contributed by atoms with Gasteiger partial charge in [-0.25, -0.2) is 0 Å². The predicted molar refractivity (Wildman–Crippen MR) is 140 cm³/mol. The topological polar surface area (TPSA) is 70.1 Å². The summed E-state index contributed by atoms with van der Waals surface area (Å²) in [6, 6.07) is 16.3. The van der Waals surface area contributed by atoms with Crippen LogP contribution in [0.3, 0.4) is 0 Å². The van der Waals surface area contributed by atoms with Gasteiger partial charge in [0, 0.05) is 19.5 Å². The van der Waals surface area contributed by atoms with Crippen LogP contribution >= 0.6 is 12.2 Å². The normalized spacial score (nSPS) is 15.0. The van der Waals surface area contributed by atoms with Crippen LogP contribution in [0.5, 0.6) is 0 Å². The van der Waals surface area contributed by atoms with Gasteiger partial charge < -0.3 is 10.3 Å². The Morgan fingerprint density at radius 3 is 2.56 bits per heavy atom. The maximum atomic E-state index is 12.7. The number of benzene rings is 2. The smallest absolute Gasteiger partial charge is 0.262 e. The van der Waals surface area contributed by atoms with Gasteiger partial charge in [-0.05, 0) is 75.6 Å². The second-order valence-corrected chi connectivity index (χ2v) is 9.60. The van der Waals surface area contributed by atoms with Crippen molar-refractivity contribution in [3.05, 3.63) is 74.8 Å². The summed E-state index contributed by atoms with van der Waals surface area (Å²) in [7, 11) is 0. The number of hydrogen-bond acceptors (Lipinski definition) is 4. The molecular weight excluding hydrogens is 444 g/mol. The monoisotopic (exact) mass is 478 g/mol. The number of likely N-dealkylation sites (tertiary alicyclic amines) is 1. The molecule has 1 saturated heterocycles. The molecule has 1 amide bonds. The van der Waals surface area contributed by atoms with Crippen LogP contribution in [0.15, 0.2) is 53.3 Å². The Hall–Kier alpha value is -2.77. The molecule has 6 nitrogen and oxygen atoms in total. The number of aryl methyl sites for hydroxylation is 1. The van der Waals surface area contributed by atoms with Crippen molar-refractivity contribution in [2.24, 2.45) is 0 Å². The molecule has 4 rings (SSSR count). The number of rotatable bonds is 10. The van der Waals surface area contributed by atoms with Crippen LogP contribution in [0.25, 0.3) is 10.9 Å². The molecular formula is C27H34N4O2S. The van der Waals surface area contributed by atoms with Gasteiger partial charge in [-0.2, -0.15) is 0 Å². The van der Waals surface area contributed by atoms with Crippen LogP contribution in [0.4, 0.5) is 0 Å². The quantitative estimate of drug-likeness (QED) is 0.322. The van der Waals surface area contributed by atoms with E-state index >= 15 is 0 Å². The molecule has 1 unspecified atom stereocenters. The summed E-state index contributed by atoms with van der Waals surface area (Å²) in [5.74, 6) is 0.0940. The van der Waals surface area contributed by atoms with Crippen molar-refractivity contribution in [1.82, 2.24) is 19.8 Å². The number of amides is 1. The van der Waals surface area contributed by atoms with E-state index in [0.717, 1.165) is 37.9 Å². The standard InChI is InChI=1S/C27H34N4O2S/c1-20-12-14-21(15-13-20)24(30-16-7-8-17-30)19-28-25(32)11-3-2-6-18-31-26(33)22-9-4-5-10-23(22)29-27(31)34/h4-5,9-10,12-15,24H,2-3,6-8,11,16-19H2,1H3,(H,28,32)(H,29,34). The predicted octanol–water partition coefficient (Wildman–Crippen LogP) is 4.88. The van der Waals surface area contributed by atoms with Gasteiger partial charge in [0.05, 0.1) is 16.9 Å². The molecule has 0 bridgehead atoms. The number of fused-ring (bicyclic) bond motifs is 1. The summed E-state index contributed by atoms with van der Waals surface area (Å²) in [5, 5.41) is 3.81. The van der Waals surface area contributed by atoms with Crippen molar-refractivity contribution in [3.63, 3.8) is 0 Å². The number of carbonyl (C=O) groups excluding carboxylic acids is 1. The van der Waals surface area contributed by atoms with Gasteiger partial charge in [-0.3, -0.25) is 19.1 Å². The highest BCUT2D eigenvalue weighted by Crippen LogP contribution is 2.25. The highest BCUT2D eigenvalue weighted by molar-refractivity contribution is 7.71. The van der Waals surface area contributed by atoms with Crippen LogP contribution < -0.4 is 10.9 Å². The Labute approximate surface area is 206 Å². The van der Waals surface area contributed by atoms with Gasteiger partial charge in [0.25, 0.3) is 5.56 Å². The lowest BCUT2D eigenvalue weighted by Gasteiger charge is -2.28. The number of carbonyl (C=O) groups is 1. The van der Waals surface area contributed by atoms with Gasteiger partial charge in [-0.1, -0.05) is 48.4 Å². The van der Waals surface area contributed by atoms with Gasteiger partial charge >= 0.3 is 0 Å². The highest BCUT2D eigenvalue weighted by Gasteiger charge is 2.23. The van der Waals surface area contributed by atoms with E-state index in [4.69, 9.17) is 12.2 Å². The lowest BCUT2D eigenvalue weighted by molar-refractivity contribution is -0.121. The Morgan fingerprint density at radius 2 is 1.79 bits per heavy atom. The number of nitrogens with one attached hydrogen (secondary N) is 2. The zero-order valence-electron chi connectivity index (χ0n) is 19.9. The van der Waals surface area contributed by atoms with E-state index in [1.807, 2.05) is 24.3 Å². The third kappa shape index (κ3) is 6.02. The van der Waals surface area contributed by atoms with Gasteiger partial charge in [-0.15, -0.1) is 0 Å². The molecule has 1 fully saturated rings. The highest BCUT2D eigenvalue weighted by atomic mass is 32.1. The molecule has 2 N–H and O–H groups in total. The van der Waals surface area contributed by atoms with Gasteiger partial charge in [0.2, 0.25) is 5.91 Å². The molecule has 2 aromatic carbocycles. The van der Waals surface area contributed by atoms with E-state index < -0.39 is 0 Å². The van der Waals surface area contributed by atoms with Crippen LogP contribution in [-0.2, 0) is 11.3 Å². The maximum Gasteiger partial charge on any atom is 0.262 e. The molecule has 0 spiro atoms. The van der Waals surface area contributed by atoms with E-state index in [-0.39, 0.29) is 17.5 Å². The van der Waals surface area contributed by atoms with Crippen molar-refractivity contribution in [2.45, 2.75) is 58.0 Å². The van der Waals surface area contributed by atoms with Crippen molar-refractivity contribution < 1.29 is 4.79 Å². The number of para-hydroxylation sites is 1. The molecule has 0 saturated carbocycles. The Bertz CT molecular complexity index is 1230. The maximum absolute atomic E-state index is 12.7. The molecule has 34 heavy (non-hydrogen) atoms. The Morgan fingerprint density at radius 1 is 1.06 bits per heavy atom. The number of H-pyrrole nitrogens is 1. The zero-order chi connectivity index (χ0) is 23.9. The minimum atomic E-state index is -0.0545. The first-order valence-corrected chi connectivity index (χ1v) is 12.7.